The molecule has 140 valence electrons. The van der Waals surface area contributed by atoms with Crippen molar-refractivity contribution in [1.82, 2.24) is 19.7 Å². The van der Waals surface area contributed by atoms with Crippen molar-refractivity contribution in [2.24, 2.45) is 7.05 Å². The van der Waals surface area contributed by atoms with Crippen LogP contribution in [0.2, 0.25) is 0 Å². The average Bonchev–Trinajstić information content (AvgIpc) is 3.30. The molecule has 1 aromatic heterocycles. The van der Waals surface area contributed by atoms with Gasteiger partial charge in [0, 0.05) is 25.7 Å². The van der Waals surface area contributed by atoms with Gasteiger partial charge in [0.25, 0.3) is 0 Å². The summed E-state index contributed by atoms with van der Waals surface area (Å²) in [5.74, 6) is 1.59. The van der Waals surface area contributed by atoms with Crippen molar-refractivity contribution in [3.63, 3.8) is 0 Å². The van der Waals surface area contributed by atoms with Gasteiger partial charge in [0.05, 0.1) is 20.0 Å². The van der Waals surface area contributed by atoms with Gasteiger partial charge in [-0.05, 0) is 25.0 Å². The predicted octanol–water partition coefficient (Wildman–Crippen LogP) is 1.92. The van der Waals surface area contributed by atoms with Crippen molar-refractivity contribution in [2.75, 3.05) is 33.1 Å². The van der Waals surface area contributed by atoms with E-state index in [4.69, 9.17) is 9.47 Å². The summed E-state index contributed by atoms with van der Waals surface area (Å²) in [5, 5.41) is 19.1. The van der Waals surface area contributed by atoms with Gasteiger partial charge in [-0.25, -0.2) is 0 Å². The first-order valence-corrected chi connectivity index (χ1v) is 9.29. The monoisotopic (exact) mass is 378 g/mol. The van der Waals surface area contributed by atoms with Crippen LogP contribution >= 0.6 is 11.8 Å². The quantitative estimate of drug-likeness (QED) is 0.768. The van der Waals surface area contributed by atoms with E-state index in [-0.39, 0.29) is 11.7 Å². The van der Waals surface area contributed by atoms with Crippen LogP contribution in [0.15, 0.2) is 17.3 Å². The molecule has 1 aliphatic rings. The van der Waals surface area contributed by atoms with E-state index in [1.54, 1.807) is 12.1 Å². The van der Waals surface area contributed by atoms with Gasteiger partial charge in [-0.2, -0.15) is 0 Å². The van der Waals surface area contributed by atoms with Gasteiger partial charge in [0.15, 0.2) is 22.5 Å². The number of phenolic OH excluding ortho intramolecular Hbond substituents is 1. The molecular formula is C17H22N4O4S. The second kappa shape index (κ2) is 7.86. The van der Waals surface area contributed by atoms with Gasteiger partial charge in [-0.15, -0.1) is 10.2 Å². The number of amides is 1. The first-order valence-electron chi connectivity index (χ1n) is 8.30. The number of hydrogen-bond donors (Lipinski definition) is 1. The molecule has 0 atom stereocenters. The minimum absolute atomic E-state index is 0.0632. The van der Waals surface area contributed by atoms with E-state index in [0.717, 1.165) is 25.9 Å². The second-order valence-electron chi connectivity index (χ2n) is 5.97. The number of thioether (sulfide) groups is 1. The second-order valence-corrected chi connectivity index (χ2v) is 6.91. The lowest BCUT2D eigenvalue weighted by Crippen LogP contribution is -2.29. The van der Waals surface area contributed by atoms with Crippen molar-refractivity contribution in [3.8, 4) is 28.6 Å². The number of rotatable bonds is 6. The molecule has 0 radical (unpaired) electrons. The number of likely N-dealkylation sites (tertiary alicyclic amines) is 1. The van der Waals surface area contributed by atoms with Crippen molar-refractivity contribution in [1.29, 1.82) is 0 Å². The molecule has 2 aromatic rings. The number of carbonyl (C=O) groups excluding carboxylic acids is 1. The van der Waals surface area contributed by atoms with Gasteiger partial charge in [0.1, 0.15) is 0 Å². The van der Waals surface area contributed by atoms with Crippen molar-refractivity contribution in [2.45, 2.75) is 18.0 Å². The maximum atomic E-state index is 12.2. The third-order valence-electron chi connectivity index (χ3n) is 4.36. The van der Waals surface area contributed by atoms with E-state index in [2.05, 4.69) is 10.2 Å². The highest BCUT2D eigenvalue weighted by atomic mass is 32.2. The first kappa shape index (κ1) is 18.4. The largest absolute Gasteiger partial charge is 0.502 e. The number of phenols is 1. The van der Waals surface area contributed by atoms with Crippen LogP contribution in [0.25, 0.3) is 11.4 Å². The third kappa shape index (κ3) is 3.57. The minimum Gasteiger partial charge on any atom is -0.502 e. The van der Waals surface area contributed by atoms with Gasteiger partial charge in [-0.1, -0.05) is 11.8 Å². The molecule has 9 heteroatoms. The molecule has 2 heterocycles. The summed E-state index contributed by atoms with van der Waals surface area (Å²) >= 11 is 1.37. The summed E-state index contributed by atoms with van der Waals surface area (Å²) in [6.07, 6.45) is 2.16. The SMILES string of the molecule is COc1cc(-c2nnc(SCC(=O)N3CCCC3)n2C)cc(OC)c1O. The summed E-state index contributed by atoms with van der Waals surface area (Å²) in [7, 11) is 4.78. The molecule has 0 aliphatic carbocycles. The summed E-state index contributed by atoms with van der Waals surface area (Å²) in [5.41, 5.74) is 0.698. The first-order chi connectivity index (χ1) is 12.5. The Hall–Kier alpha value is -2.42. The maximum Gasteiger partial charge on any atom is 0.233 e. The highest BCUT2D eigenvalue weighted by molar-refractivity contribution is 7.99. The lowest BCUT2D eigenvalue weighted by atomic mass is 10.1. The van der Waals surface area contributed by atoms with Gasteiger partial charge in [-0.3, -0.25) is 4.79 Å². The zero-order chi connectivity index (χ0) is 18.7. The summed E-state index contributed by atoms with van der Waals surface area (Å²) in [4.78, 5) is 14.1. The zero-order valence-electron chi connectivity index (χ0n) is 15.1. The molecule has 1 amide bonds. The van der Waals surface area contributed by atoms with E-state index in [1.165, 1.54) is 26.0 Å². The third-order valence-corrected chi connectivity index (χ3v) is 5.36. The van der Waals surface area contributed by atoms with Gasteiger partial charge < -0.3 is 24.0 Å². The van der Waals surface area contributed by atoms with Crippen LogP contribution in [0, 0.1) is 0 Å². The molecule has 1 saturated heterocycles. The average molecular weight is 378 g/mol. The summed E-state index contributed by atoms with van der Waals surface area (Å²) < 4.78 is 12.2. The van der Waals surface area contributed by atoms with E-state index in [0.29, 0.717) is 33.8 Å². The highest BCUT2D eigenvalue weighted by Gasteiger charge is 2.20. The molecule has 8 nitrogen and oxygen atoms in total. The number of benzene rings is 1. The molecule has 26 heavy (non-hydrogen) atoms. The van der Waals surface area contributed by atoms with Crippen LogP contribution in [0.1, 0.15) is 12.8 Å². The smallest absolute Gasteiger partial charge is 0.233 e. The van der Waals surface area contributed by atoms with E-state index < -0.39 is 0 Å². The van der Waals surface area contributed by atoms with Crippen LogP contribution in [0.3, 0.4) is 0 Å². The van der Waals surface area contributed by atoms with Crippen LogP contribution in [-0.2, 0) is 11.8 Å². The number of aromatic hydroxyl groups is 1. The van der Waals surface area contributed by atoms with E-state index >= 15 is 0 Å². The minimum atomic E-state index is -0.0632. The Labute approximate surface area is 156 Å². The standard InChI is InChI=1S/C17H22N4O4S/c1-20-16(11-8-12(24-2)15(23)13(9-11)25-3)18-19-17(20)26-10-14(22)21-6-4-5-7-21/h8-9,23H,4-7,10H2,1-3H3. The maximum absolute atomic E-state index is 12.2. The van der Waals surface area contributed by atoms with E-state index in [1.807, 2.05) is 16.5 Å². The van der Waals surface area contributed by atoms with Crippen molar-refractivity contribution >= 4 is 17.7 Å². The van der Waals surface area contributed by atoms with Crippen molar-refractivity contribution in [3.05, 3.63) is 12.1 Å². The van der Waals surface area contributed by atoms with Crippen LogP contribution in [-0.4, -0.2) is 63.7 Å². The number of methoxy groups -OCH3 is 2. The van der Waals surface area contributed by atoms with Gasteiger partial charge >= 0.3 is 0 Å². The molecule has 1 aliphatic heterocycles. The fraction of sp³-hybridized carbons (Fsp3) is 0.471. The number of ether oxygens (including phenoxy) is 2. The molecule has 1 N–H and O–H groups in total. The molecular weight excluding hydrogens is 356 g/mol. The number of carbonyl (C=O) groups is 1. The highest BCUT2D eigenvalue weighted by Crippen LogP contribution is 2.40. The number of nitrogens with zero attached hydrogens (tertiary/aromatic N) is 4. The Morgan fingerprint density at radius 1 is 1.19 bits per heavy atom. The lowest BCUT2D eigenvalue weighted by molar-refractivity contribution is -0.127. The fourth-order valence-corrected chi connectivity index (χ4v) is 3.71. The fourth-order valence-electron chi connectivity index (χ4n) is 2.90. The number of hydrogen-bond acceptors (Lipinski definition) is 7. The van der Waals surface area contributed by atoms with Crippen LogP contribution < -0.4 is 9.47 Å². The molecule has 0 spiro atoms. The Balaban J connectivity index is 1.79. The lowest BCUT2D eigenvalue weighted by Gasteiger charge is -2.14. The molecule has 3 rings (SSSR count). The van der Waals surface area contributed by atoms with Gasteiger partial charge in [0.2, 0.25) is 11.7 Å². The summed E-state index contributed by atoms with van der Waals surface area (Å²) in [6.45, 7) is 1.69. The Bertz CT molecular complexity index is 777. The van der Waals surface area contributed by atoms with Crippen molar-refractivity contribution < 1.29 is 19.4 Å². The van der Waals surface area contributed by atoms with E-state index in [9.17, 15) is 9.90 Å². The molecule has 0 unspecified atom stereocenters. The Morgan fingerprint density at radius 2 is 1.81 bits per heavy atom. The number of aromatic nitrogens is 3. The molecule has 1 aromatic carbocycles. The Morgan fingerprint density at radius 3 is 2.38 bits per heavy atom. The predicted molar refractivity (Wildman–Crippen MR) is 97.7 cm³/mol. The molecule has 0 saturated carbocycles. The topological polar surface area (TPSA) is 89.7 Å². The molecule has 0 bridgehead atoms. The molecule has 1 fully saturated rings. The zero-order valence-corrected chi connectivity index (χ0v) is 15.9. The summed E-state index contributed by atoms with van der Waals surface area (Å²) in [6, 6.07) is 3.34. The van der Waals surface area contributed by atoms with Crippen LogP contribution in [0.4, 0.5) is 0 Å². The van der Waals surface area contributed by atoms with Crippen LogP contribution in [0.5, 0.6) is 17.2 Å². The normalized spacial score (nSPS) is 13.9. The Kier molecular flexibility index (Phi) is 5.55.